The number of aromatic nitrogens is 2. The van der Waals surface area contributed by atoms with Gasteiger partial charge in [0.25, 0.3) is 0 Å². The van der Waals surface area contributed by atoms with Crippen LogP contribution in [0.3, 0.4) is 0 Å². The summed E-state index contributed by atoms with van der Waals surface area (Å²) in [6.45, 7) is 4.85. The van der Waals surface area contributed by atoms with Crippen molar-refractivity contribution in [1.82, 2.24) is 15.5 Å². The summed E-state index contributed by atoms with van der Waals surface area (Å²) in [4.78, 5) is 0. The second kappa shape index (κ2) is 6.20. The number of nitrogens with one attached hydrogen (secondary N) is 2. The van der Waals surface area contributed by atoms with E-state index in [0.717, 1.165) is 31.9 Å². The first-order chi connectivity index (χ1) is 9.84. The third-order valence-electron chi connectivity index (χ3n) is 4.07. The van der Waals surface area contributed by atoms with E-state index < -0.39 is 0 Å². The number of benzene rings is 1. The minimum Gasteiger partial charge on any atom is -0.381 e. The van der Waals surface area contributed by atoms with Gasteiger partial charge in [-0.3, -0.25) is 5.10 Å². The molecule has 1 fully saturated rings. The Labute approximate surface area is 119 Å². The minimum atomic E-state index is 0.469. The van der Waals surface area contributed by atoms with Crippen LogP contribution in [0, 0.1) is 5.92 Å². The molecule has 0 saturated carbocycles. The summed E-state index contributed by atoms with van der Waals surface area (Å²) in [6.07, 6.45) is 3.07. The highest BCUT2D eigenvalue weighted by Crippen LogP contribution is 2.21. The highest BCUT2D eigenvalue weighted by Gasteiger charge is 2.22. The van der Waals surface area contributed by atoms with Crippen molar-refractivity contribution in [2.45, 2.75) is 25.9 Å². The molecule has 0 bridgehead atoms. The van der Waals surface area contributed by atoms with Crippen LogP contribution < -0.4 is 5.32 Å². The van der Waals surface area contributed by atoms with Crippen molar-refractivity contribution in [1.29, 1.82) is 0 Å². The first kappa shape index (κ1) is 13.3. The average molecular weight is 271 g/mol. The monoisotopic (exact) mass is 271 g/mol. The van der Waals surface area contributed by atoms with E-state index in [2.05, 4.69) is 34.6 Å². The van der Waals surface area contributed by atoms with Gasteiger partial charge in [0.1, 0.15) is 0 Å². The van der Waals surface area contributed by atoms with Gasteiger partial charge >= 0.3 is 0 Å². The average Bonchev–Trinajstić information content (AvgIpc) is 3.17. The molecule has 2 aromatic rings. The molecule has 2 atom stereocenters. The van der Waals surface area contributed by atoms with Crippen LogP contribution in [-0.2, 0) is 11.3 Å². The van der Waals surface area contributed by atoms with Crippen molar-refractivity contribution in [2.24, 2.45) is 5.92 Å². The smallest absolute Gasteiger partial charge is 0.0695 e. The third-order valence-corrected chi connectivity index (χ3v) is 4.07. The third kappa shape index (κ3) is 2.92. The first-order valence-electron chi connectivity index (χ1n) is 7.23. The lowest BCUT2D eigenvalue weighted by Crippen LogP contribution is -2.33. The number of ether oxygens (including phenoxy) is 1. The molecule has 4 heteroatoms. The first-order valence-corrected chi connectivity index (χ1v) is 7.23. The zero-order chi connectivity index (χ0) is 13.8. The Balaban J connectivity index is 1.65. The zero-order valence-electron chi connectivity index (χ0n) is 11.8. The fraction of sp³-hybridized carbons (Fsp3) is 0.438. The van der Waals surface area contributed by atoms with Crippen molar-refractivity contribution in [2.75, 3.05) is 13.2 Å². The lowest BCUT2D eigenvalue weighted by molar-refractivity contribution is 0.178. The molecule has 2 heterocycles. The van der Waals surface area contributed by atoms with Crippen LogP contribution in [0.5, 0.6) is 0 Å². The molecular weight excluding hydrogens is 250 g/mol. The molecule has 4 nitrogen and oxygen atoms in total. The molecule has 0 amide bonds. The Morgan fingerprint density at radius 3 is 3.00 bits per heavy atom. The second-order valence-electron chi connectivity index (χ2n) is 5.43. The second-order valence-corrected chi connectivity index (χ2v) is 5.43. The van der Waals surface area contributed by atoms with E-state index in [1.54, 1.807) is 0 Å². The number of hydrogen-bond acceptors (Lipinski definition) is 3. The van der Waals surface area contributed by atoms with E-state index in [9.17, 15) is 0 Å². The summed E-state index contributed by atoms with van der Waals surface area (Å²) >= 11 is 0. The lowest BCUT2D eigenvalue weighted by Gasteiger charge is -2.19. The molecule has 1 aliphatic rings. The molecule has 2 unspecified atom stereocenters. The van der Waals surface area contributed by atoms with Crippen LogP contribution in [0.4, 0.5) is 0 Å². The summed E-state index contributed by atoms with van der Waals surface area (Å²) in [6, 6.07) is 10.8. The molecule has 20 heavy (non-hydrogen) atoms. The van der Waals surface area contributed by atoms with Crippen molar-refractivity contribution in [3.8, 4) is 11.3 Å². The molecule has 3 rings (SSSR count). The normalized spacial score (nSPS) is 20.1. The molecule has 1 aromatic heterocycles. The fourth-order valence-electron chi connectivity index (χ4n) is 2.68. The lowest BCUT2D eigenvalue weighted by atomic mass is 10.0. The summed E-state index contributed by atoms with van der Waals surface area (Å²) < 4.78 is 5.45. The largest absolute Gasteiger partial charge is 0.381 e. The van der Waals surface area contributed by atoms with Gasteiger partial charge in [0.15, 0.2) is 0 Å². The molecular formula is C16H21N3O. The Bertz CT molecular complexity index is 532. The number of nitrogens with zero attached hydrogens (tertiary/aromatic N) is 1. The maximum Gasteiger partial charge on any atom is 0.0695 e. The van der Waals surface area contributed by atoms with Crippen molar-refractivity contribution in [3.63, 3.8) is 0 Å². The van der Waals surface area contributed by atoms with Gasteiger partial charge in [-0.25, -0.2) is 0 Å². The Morgan fingerprint density at radius 2 is 2.25 bits per heavy atom. The molecule has 1 aliphatic heterocycles. The van der Waals surface area contributed by atoms with Gasteiger partial charge in [0.05, 0.1) is 18.5 Å². The Kier molecular flexibility index (Phi) is 4.14. The van der Waals surface area contributed by atoms with Crippen LogP contribution >= 0.6 is 0 Å². The molecule has 0 spiro atoms. The molecule has 2 N–H and O–H groups in total. The van der Waals surface area contributed by atoms with Gasteiger partial charge in [0.2, 0.25) is 0 Å². The van der Waals surface area contributed by atoms with Crippen LogP contribution in [-0.4, -0.2) is 29.5 Å². The highest BCUT2D eigenvalue weighted by molar-refractivity contribution is 5.62. The Hall–Kier alpha value is -1.65. The summed E-state index contributed by atoms with van der Waals surface area (Å²) in [5, 5.41) is 10.9. The van der Waals surface area contributed by atoms with Crippen LogP contribution in [0.15, 0.2) is 36.5 Å². The van der Waals surface area contributed by atoms with Gasteiger partial charge < -0.3 is 10.1 Å². The van der Waals surface area contributed by atoms with Gasteiger partial charge in [-0.15, -0.1) is 0 Å². The van der Waals surface area contributed by atoms with E-state index in [0.29, 0.717) is 12.0 Å². The van der Waals surface area contributed by atoms with Crippen molar-refractivity contribution >= 4 is 0 Å². The molecule has 0 aliphatic carbocycles. The van der Waals surface area contributed by atoms with Crippen molar-refractivity contribution in [3.05, 3.63) is 42.1 Å². The van der Waals surface area contributed by atoms with E-state index in [4.69, 9.17) is 4.74 Å². The fourth-order valence-corrected chi connectivity index (χ4v) is 2.68. The molecule has 1 aromatic carbocycles. The SMILES string of the molecule is CC(NCc1cn[nH]c1-c1ccccc1)C1CCOC1. The van der Waals surface area contributed by atoms with E-state index >= 15 is 0 Å². The number of hydrogen-bond donors (Lipinski definition) is 2. The summed E-state index contributed by atoms with van der Waals surface area (Å²) in [7, 11) is 0. The quantitative estimate of drug-likeness (QED) is 0.879. The minimum absolute atomic E-state index is 0.469. The maximum absolute atomic E-state index is 5.45. The topological polar surface area (TPSA) is 49.9 Å². The highest BCUT2D eigenvalue weighted by atomic mass is 16.5. The van der Waals surface area contributed by atoms with E-state index in [-0.39, 0.29) is 0 Å². The standard InChI is InChI=1S/C16H21N3O/c1-12(14-7-8-20-11-14)17-9-15-10-18-19-16(15)13-5-3-2-4-6-13/h2-6,10,12,14,17H,7-9,11H2,1H3,(H,18,19). The Morgan fingerprint density at radius 1 is 1.40 bits per heavy atom. The number of H-pyrrole nitrogens is 1. The molecule has 0 radical (unpaired) electrons. The predicted octanol–water partition coefficient (Wildman–Crippen LogP) is 2.59. The summed E-state index contributed by atoms with van der Waals surface area (Å²) in [5.74, 6) is 0.627. The van der Waals surface area contributed by atoms with E-state index in [1.807, 2.05) is 24.4 Å². The summed E-state index contributed by atoms with van der Waals surface area (Å²) in [5.41, 5.74) is 3.49. The molecule has 106 valence electrons. The predicted molar refractivity (Wildman–Crippen MR) is 79.3 cm³/mol. The number of rotatable bonds is 5. The van der Waals surface area contributed by atoms with Gasteiger partial charge in [-0.2, -0.15) is 5.10 Å². The van der Waals surface area contributed by atoms with E-state index in [1.165, 1.54) is 11.1 Å². The van der Waals surface area contributed by atoms with Gasteiger partial charge in [-0.1, -0.05) is 30.3 Å². The van der Waals surface area contributed by atoms with Crippen LogP contribution in [0.2, 0.25) is 0 Å². The van der Waals surface area contributed by atoms with Crippen LogP contribution in [0.1, 0.15) is 18.9 Å². The van der Waals surface area contributed by atoms with Gasteiger partial charge in [0, 0.05) is 24.8 Å². The van der Waals surface area contributed by atoms with Gasteiger partial charge in [-0.05, 0) is 24.8 Å². The zero-order valence-corrected chi connectivity index (χ0v) is 11.8. The van der Waals surface area contributed by atoms with Crippen molar-refractivity contribution < 1.29 is 4.74 Å². The molecule has 1 saturated heterocycles. The van der Waals surface area contributed by atoms with Crippen LogP contribution in [0.25, 0.3) is 11.3 Å². The number of aromatic amines is 1. The maximum atomic E-state index is 5.45.